The largest absolute Gasteiger partial charge is 0.497 e. The van der Waals surface area contributed by atoms with Gasteiger partial charge in [0.25, 0.3) is 0 Å². The summed E-state index contributed by atoms with van der Waals surface area (Å²) in [6.45, 7) is 1.12. The zero-order chi connectivity index (χ0) is 14.8. The van der Waals surface area contributed by atoms with E-state index in [1.807, 2.05) is 18.2 Å². The molecule has 0 unspecified atom stereocenters. The molecule has 112 valence electrons. The standard InChI is InChI=1S/C15H24N2O3/c1-19-13-7-8-14(20-2)12(10-13)11-17-15(18)6-4-3-5-9-16/h7-8,10H,3-6,9,11,16H2,1-2H3,(H,17,18). The van der Waals surface area contributed by atoms with Crippen molar-refractivity contribution in [2.24, 2.45) is 5.73 Å². The van der Waals surface area contributed by atoms with Gasteiger partial charge in [-0.15, -0.1) is 0 Å². The summed E-state index contributed by atoms with van der Waals surface area (Å²) >= 11 is 0. The summed E-state index contributed by atoms with van der Waals surface area (Å²) in [5, 5.41) is 2.90. The van der Waals surface area contributed by atoms with Crippen molar-refractivity contribution in [3.05, 3.63) is 23.8 Å². The van der Waals surface area contributed by atoms with Crippen molar-refractivity contribution in [2.75, 3.05) is 20.8 Å². The fourth-order valence-corrected chi connectivity index (χ4v) is 1.91. The van der Waals surface area contributed by atoms with Gasteiger partial charge in [-0.2, -0.15) is 0 Å². The molecule has 0 bridgehead atoms. The van der Waals surface area contributed by atoms with Gasteiger partial charge < -0.3 is 20.5 Å². The summed E-state index contributed by atoms with van der Waals surface area (Å²) in [6, 6.07) is 5.53. The highest BCUT2D eigenvalue weighted by Crippen LogP contribution is 2.23. The molecule has 0 aromatic heterocycles. The van der Waals surface area contributed by atoms with Crippen LogP contribution in [-0.2, 0) is 11.3 Å². The van der Waals surface area contributed by atoms with Crippen LogP contribution in [0.25, 0.3) is 0 Å². The number of hydrogen-bond donors (Lipinski definition) is 2. The number of nitrogens with one attached hydrogen (secondary N) is 1. The third kappa shape index (κ3) is 5.48. The third-order valence-electron chi connectivity index (χ3n) is 3.07. The molecule has 0 radical (unpaired) electrons. The zero-order valence-electron chi connectivity index (χ0n) is 12.3. The van der Waals surface area contributed by atoms with Crippen LogP contribution in [0.2, 0.25) is 0 Å². The van der Waals surface area contributed by atoms with Crippen LogP contribution >= 0.6 is 0 Å². The van der Waals surface area contributed by atoms with E-state index in [4.69, 9.17) is 15.2 Å². The maximum absolute atomic E-state index is 11.7. The van der Waals surface area contributed by atoms with Gasteiger partial charge in [0.15, 0.2) is 0 Å². The Hall–Kier alpha value is -1.75. The molecule has 1 aromatic carbocycles. The smallest absolute Gasteiger partial charge is 0.220 e. The van der Waals surface area contributed by atoms with Crippen LogP contribution < -0.4 is 20.5 Å². The van der Waals surface area contributed by atoms with E-state index >= 15 is 0 Å². The van der Waals surface area contributed by atoms with Gasteiger partial charge in [-0.3, -0.25) is 4.79 Å². The van der Waals surface area contributed by atoms with Crippen molar-refractivity contribution in [1.82, 2.24) is 5.32 Å². The third-order valence-corrected chi connectivity index (χ3v) is 3.07. The Balaban J connectivity index is 2.45. The van der Waals surface area contributed by atoms with Crippen molar-refractivity contribution >= 4 is 5.91 Å². The Morgan fingerprint density at radius 2 is 2.00 bits per heavy atom. The minimum atomic E-state index is 0.0481. The molecule has 0 aliphatic carbocycles. The minimum Gasteiger partial charge on any atom is -0.497 e. The van der Waals surface area contributed by atoms with Crippen molar-refractivity contribution in [3.63, 3.8) is 0 Å². The van der Waals surface area contributed by atoms with Gasteiger partial charge in [0.05, 0.1) is 14.2 Å². The van der Waals surface area contributed by atoms with Gasteiger partial charge in [0.1, 0.15) is 11.5 Å². The van der Waals surface area contributed by atoms with Crippen molar-refractivity contribution in [2.45, 2.75) is 32.2 Å². The lowest BCUT2D eigenvalue weighted by Crippen LogP contribution is -2.22. The molecule has 1 aromatic rings. The topological polar surface area (TPSA) is 73.6 Å². The minimum absolute atomic E-state index is 0.0481. The summed E-state index contributed by atoms with van der Waals surface area (Å²) in [4.78, 5) is 11.7. The molecule has 0 saturated heterocycles. The molecule has 0 spiro atoms. The number of unbranched alkanes of at least 4 members (excludes halogenated alkanes) is 2. The number of nitrogens with two attached hydrogens (primary N) is 1. The molecule has 5 nitrogen and oxygen atoms in total. The van der Waals surface area contributed by atoms with E-state index in [9.17, 15) is 4.79 Å². The molecule has 0 atom stereocenters. The molecule has 20 heavy (non-hydrogen) atoms. The number of rotatable bonds is 9. The summed E-state index contributed by atoms with van der Waals surface area (Å²) in [5.41, 5.74) is 6.32. The van der Waals surface area contributed by atoms with Crippen molar-refractivity contribution in [1.29, 1.82) is 0 Å². The van der Waals surface area contributed by atoms with E-state index in [-0.39, 0.29) is 5.91 Å². The second-order valence-corrected chi connectivity index (χ2v) is 4.55. The summed E-state index contributed by atoms with van der Waals surface area (Å²) in [5.74, 6) is 1.54. The molecule has 0 heterocycles. The lowest BCUT2D eigenvalue weighted by Gasteiger charge is -2.11. The predicted molar refractivity (Wildman–Crippen MR) is 78.9 cm³/mol. The molecular formula is C15H24N2O3. The first-order valence-electron chi connectivity index (χ1n) is 6.89. The fourth-order valence-electron chi connectivity index (χ4n) is 1.91. The quantitative estimate of drug-likeness (QED) is 0.677. The normalized spacial score (nSPS) is 10.2. The molecule has 0 aliphatic rings. The zero-order valence-corrected chi connectivity index (χ0v) is 12.3. The maximum atomic E-state index is 11.7. The van der Waals surface area contributed by atoms with Gasteiger partial charge >= 0.3 is 0 Å². The highest BCUT2D eigenvalue weighted by atomic mass is 16.5. The highest BCUT2D eigenvalue weighted by molar-refractivity contribution is 5.75. The lowest BCUT2D eigenvalue weighted by atomic mass is 10.1. The molecule has 0 fully saturated rings. The van der Waals surface area contributed by atoms with E-state index in [1.54, 1.807) is 14.2 Å². The van der Waals surface area contributed by atoms with Gasteiger partial charge in [-0.25, -0.2) is 0 Å². The highest BCUT2D eigenvalue weighted by Gasteiger charge is 2.07. The van der Waals surface area contributed by atoms with Gasteiger partial charge in [0, 0.05) is 18.5 Å². The van der Waals surface area contributed by atoms with Crippen LogP contribution in [-0.4, -0.2) is 26.7 Å². The molecule has 1 rings (SSSR count). The van der Waals surface area contributed by atoms with Crippen LogP contribution in [0.1, 0.15) is 31.2 Å². The maximum Gasteiger partial charge on any atom is 0.220 e. The molecule has 3 N–H and O–H groups in total. The summed E-state index contributed by atoms with van der Waals surface area (Å²) < 4.78 is 10.4. The monoisotopic (exact) mass is 280 g/mol. The Morgan fingerprint density at radius 1 is 1.20 bits per heavy atom. The predicted octanol–water partition coefficient (Wildman–Crippen LogP) is 1.84. The SMILES string of the molecule is COc1ccc(OC)c(CNC(=O)CCCCCN)c1. The summed E-state index contributed by atoms with van der Waals surface area (Å²) in [6.07, 6.45) is 3.37. The number of hydrogen-bond acceptors (Lipinski definition) is 4. The first kappa shape index (κ1) is 16.3. The lowest BCUT2D eigenvalue weighted by molar-refractivity contribution is -0.121. The van der Waals surface area contributed by atoms with Crippen LogP contribution in [0.5, 0.6) is 11.5 Å². The Bertz CT molecular complexity index is 422. The van der Waals surface area contributed by atoms with Gasteiger partial charge in [-0.1, -0.05) is 6.42 Å². The Labute approximate surface area is 120 Å². The average Bonchev–Trinajstić information content (AvgIpc) is 2.49. The number of carbonyl (C=O) groups is 1. The first-order chi connectivity index (χ1) is 9.71. The number of carbonyl (C=O) groups excluding carboxylic acids is 1. The first-order valence-corrected chi connectivity index (χ1v) is 6.89. The number of ether oxygens (including phenoxy) is 2. The molecular weight excluding hydrogens is 256 g/mol. The van der Waals surface area contributed by atoms with Crippen LogP contribution in [0.3, 0.4) is 0 Å². The number of amides is 1. The van der Waals surface area contributed by atoms with E-state index in [0.29, 0.717) is 19.5 Å². The molecule has 5 heteroatoms. The molecule has 1 amide bonds. The van der Waals surface area contributed by atoms with E-state index in [1.165, 1.54) is 0 Å². The van der Waals surface area contributed by atoms with Crippen LogP contribution in [0.4, 0.5) is 0 Å². The second-order valence-electron chi connectivity index (χ2n) is 4.55. The van der Waals surface area contributed by atoms with E-state index < -0.39 is 0 Å². The Kier molecular flexibility index (Phi) is 7.50. The van der Waals surface area contributed by atoms with Crippen molar-refractivity contribution in [3.8, 4) is 11.5 Å². The van der Waals surface area contributed by atoms with Crippen LogP contribution in [0.15, 0.2) is 18.2 Å². The number of benzene rings is 1. The van der Waals surface area contributed by atoms with E-state index in [0.717, 1.165) is 36.3 Å². The van der Waals surface area contributed by atoms with Crippen molar-refractivity contribution < 1.29 is 14.3 Å². The number of methoxy groups -OCH3 is 2. The summed E-state index contributed by atoms with van der Waals surface area (Å²) in [7, 11) is 3.22. The second kappa shape index (κ2) is 9.20. The van der Waals surface area contributed by atoms with Gasteiger partial charge in [-0.05, 0) is 37.6 Å². The molecule has 0 aliphatic heterocycles. The van der Waals surface area contributed by atoms with Crippen LogP contribution in [0, 0.1) is 0 Å². The Morgan fingerprint density at radius 3 is 2.65 bits per heavy atom. The average molecular weight is 280 g/mol. The molecule has 0 saturated carbocycles. The van der Waals surface area contributed by atoms with Gasteiger partial charge in [0.2, 0.25) is 5.91 Å². The van der Waals surface area contributed by atoms with E-state index in [2.05, 4.69) is 5.32 Å². The fraction of sp³-hybridized carbons (Fsp3) is 0.533.